The Balaban J connectivity index is 1.55. The van der Waals surface area contributed by atoms with Crippen LogP contribution in [-0.4, -0.2) is 5.60 Å². The first kappa shape index (κ1) is 26.4. The number of benzene rings is 1. The smallest absolute Gasteiger partial charge is 0.123 e. The van der Waals surface area contributed by atoms with E-state index in [2.05, 4.69) is 80.5 Å². The maximum atomic E-state index is 7.38. The molecule has 0 N–H and O–H groups in total. The van der Waals surface area contributed by atoms with Gasteiger partial charge in [-0.2, -0.15) is 0 Å². The first-order valence-corrected chi connectivity index (χ1v) is 15.4. The van der Waals surface area contributed by atoms with Crippen LogP contribution in [0, 0.1) is 35.0 Å². The quantitative estimate of drug-likeness (QED) is 0.381. The minimum atomic E-state index is -0.0774. The lowest BCUT2D eigenvalue weighted by Gasteiger charge is -2.55. The molecule has 0 aliphatic heterocycles. The summed E-state index contributed by atoms with van der Waals surface area (Å²) in [6.45, 7) is 22.1. The molecule has 0 spiro atoms. The molecule has 0 radical (unpaired) electrons. The van der Waals surface area contributed by atoms with E-state index in [-0.39, 0.29) is 11.0 Å². The van der Waals surface area contributed by atoms with E-state index in [1.165, 1.54) is 69.1 Å². The molecule has 2 fully saturated rings. The normalized spacial score (nSPS) is 37.7. The van der Waals surface area contributed by atoms with Gasteiger partial charge in [0, 0.05) is 5.92 Å². The van der Waals surface area contributed by atoms with E-state index >= 15 is 0 Å². The molecule has 1 nitrogen and oxygen atoms in total. The highest BCUT2D eigenvalue weighted by Crippen LogP contribution is 2.58. The second kappa shape index (κ2) is 9.20. The van der Waals surface area contributed by atoms with Crippen molar-refractivity contribution >= 4 is 0 Å². The van der Waals surface area contributed by atoms with Gasteiger partial charge in [0.1, 0.15) is 11.4 Å². The standard InChI is InChI=1S/C35H54O/c1-22(2)26-15-18-35(9,29-13-11-24(5)19-28(26)29)36-31-21-30-25(20-27(31)23(3)4)12-14-32-33(6,7)16-10-17-34(30,32)8/h19-23,26,28-29,32H,10-18H2,1-9H3/t26-,28-,29+,32+,34-,35-/m1/s1. The molecule has 4 aliphatic carbocycles. The molecule has 0 aromatic heterocycles. The number of hydrogen-bond acceptors (Lipinski definition) is 1. The van der Waals surface area contributed by atoms with Crippen LogP contribution in [0.5, 0.6) is 5.75 Å². The van der Waals surface area contributed by atoms with Gasteiger partial charge in [0.25, 0.3) is 0 Å². The van der Waals surface area contributed by atoms with Gasteiger partial charge >= 0.3 is 0 Å². The Bertz CT molecular complexity index is 1010. The Morgan fingerprint density at radius 1 is 0.889 bits per heavy atom. The number of hydrogen-bond donors (Lipinski definition) is 0. The summed E-state index contributed by atoms with van der Waals surface area (Å²) >= 11 is 0. The van der Waals surface area contributed by atoms with Gasteiger partial charge in [-0.3, -0.25) is 0 Å². The topological polar surface area (TPSA) is 9.23 Å². The summed E-state index contributed by atoms with van der Waals surface area (Å²) in [6, 6.07) is 5.14. The Hall–Kier alpha value is -1.24. The van der Waals surface area contributed by atoms with Crippen LogP contribution in [0.4, 0.5) is 0 Å². The third-order valence-corrected chi connectivity index (χ3v) is 11.6. The van der Waals surface area contributed by atoms with Crippen LogP contribution in [-0.2, 0) is 11.8 Å². The van der Waals surface area contributed by atoms with Crippen LogP contribution < -0.4 is 4.74 Å². The van der Waals surface area contributed by atoms with Gasteiger partial charge in [0.2, 0.25) is 0 Å². The van der Waals surface area contributed by atoms with Crippen molar-refractivity contribution < 1.29 is 4.74 Å². The predicted octanol–water partition coefficient (Wildman–Crippen LogP) is 10.0. The maximum Gasteiger partial charge on any atom is 0.123 e. The van der Waals surface area contributed by atoms with Crippen molar-refractivity contribution in [1.82, 2.24) is 0 Å². The monoisotopic (exact) mass is 490 g/mol. The molecule has 36 heavy (non-hydrogen) atoms. The number of rotatable bonds is 4. The lowest BCUT2D eigenvalue weighted by atomic mass is 9.50. The average molecular weight is 491 g/mol. The Kier molecular flexibility index (Phi) is 6.74. The van der Waals surface area contributed by atoms with Crippen molar-refractivity contribution in [3.8, 4) is 5.75 Å². The van der Waals surface area contributed by atoms with Crippen molar-refractivity contribution in [2.24, 2.45) is 35.0 Å². The van der Waals surface area contributed by atoms with E-state index in [9.17, 15) is 0 Å². The first-order chi connectivity index (χ1) is 16.9. The molecular weight excluding hydrogens is 436 g/mol. The molecule has 0 bridgehead atoms. The van der Waals surface area contributed by atoms with Crippen molar-refractivity contribution in [2.75, 3.05) is 0 Å². The van der Waals surface area contributed by atoms with Crippen LogP contribution in [0.15, 0.2) is 23.8 Å². The van der Waals surface area contributed by atoms with Crippen molar-refractivity contribution in [3.05, 3.63) is 40.5 Å². The zero-order valence-corrected chi connectivity index (χ0v) is 25.0. The Morgan fingerprint density at radius 3 is 2.33 bits per heavy atom. The molecule has 200 valence electrons. The van der Waals surface area contributed by atoms with E-state index < -0.39 is 0 Å². The van der Waals surface area contributed by atoms with E-state index in [0.29, 0.717) is 23.2 Å². The number of allylic oxidation sites excluding steroid dienone is 2. The van der Waals surface area contributed by atoms with Gasteiger partial charge in [-0.25, -0.2) is 0 Å². The van der Waals surface area contributed by atoms with Crippen molar-refractivity contribution in [2.45, 2.75) is 137 Å². The van der Waals surface area contributed by atoms with Crippen LogP contribution in [0.1, 0.15) is 136 Å². The highest BCUT2D eigenvalue weighted by atomic mass is 16.5. The van der Waals surface area contributed by atoms with Crippen molar-refractivity contribution in [3.63, 3.8) is 0 Å². The van der Waals surface area contributed by atoms with Crippen LogP contribution in [0.3, 0.4) is 0 Å². The second-order valence-electron chi connectivity index (χ2n) is 15.1. The average Bonchev–Trinajstić information content (AvgIpc) is 2.78. The molecule has 2 saturated carbocycles. The fraction of sp³-hybridized carbons (Fsp3) is 0.771. The summed E-state index contributed by atoms with van der Waals surface area (Å²) in [5.74, 6) is 5.29. The summed E-state index contributed by atoms with van der Waals surface area (Å²) in [7, 11) is 0. The molecular formula is C35H54O. The zero-order chi connectivity index (χ0) is 26.0. The summed E-state index contributed by atoms with van der Waals surface area (Å²) in [4.78, 5) is 0. The second-order valence-corrected chi connectivity index (χ2v) is 15.1. The first-order valence-electron chi connectivity index (χ1n) is 15.4. The highest BCUT2D eigenvalue weighted by molar-refractivity contribution is 5.50. The molecule has 6 atom stereocenters. The number of fused-ring (bicyclic) bond motifs is 4. The summed E-state index contributed by atoms with van der Waals surface area (Å²) in [6.07, 6.45) is 14.3. The molecule has 1 heteroatoms. The fourth-order valence-electron chi connectivity index (χ4n) is 9.60. The van der Waals surface area contributed by atoms with Crippen LogP contribution >= 0.6 is 0 Å². The van der Waals surface area contributed by atoms with Crippen molar-refractivity contribution in [1.29, 1.82) is 0 Å². The third kappa shape index (κ3) is 4.29. The summed E-state index contributed by atoms with van der Waals surface area (Å²) in [5.41, 5.74) is 6.92. The Morgan fingerprint density at radius 2 is 1.64 bits per heavy atom. The fourth-order valence-corrected chi connectivity index (χ4v) is 9.60. The number of ether oxygens (including phenoxy) is 1. The maximum absolute atomic E-state index is 7.38. The van der Waals surface area contributed by atoms with E-state index in [0.717, 1.165) is 17.8 Å². The van der Waals surface area contributed by atoms with Gasteiger partial charge in [-0.05, 0) is 128 Å². The SMILES string of the molecule is CC1=C[C@@H]2[C@@H](C(C)C)CC[C@@](C)(Oc3cc4c(cc3C(C)C)CC[C@H]3C(C)(C)CCC[C@]43C)[C@H]2CC1. The lowest BCUT2D eigenvalue weighted by molar-refractivity contribution is -0.0625. The summed E-state index contributed by atoms with van der Waals surface area (Å²) < 4.78 is 7.38. The van der Waals surface area contributed by atoms with E-state index in [1.54, 1.807) is 16.7 Å². The largest absolute Gasteiger partial charge is 0.487 e. The lowest BCUT2D eigenvalue weighted by Crippen LogP contribution is -2.52. The molecule has 1 aromatic carbocycles. The highest BCUT2D eigenvalue weighted by Gasteiger charge is 2.51. The minimum Gasteiger partial charge on any atom is -0.487 e. The van der Waals surface area contributed by atoms with E-state index in [1.807, 2.05) is 0 Å². The minimum absolute atomic E-state index is 0.0774. The van der Waals surface area contributed by atoms with Gasteiger partial charge in [-0.15, -0.1) is 0 Å². The number of aryl methyl sites for hydroxylation is 1. The Labute approximate surface area is 222 Å². The molecule has 0 unspecified atom stereocenters. The van der Waals surface area contributed by atoms with Crippen LogP contribution in [0.2, 0.25) is 0 Å². The summed E-state index contributed by atoms with van der Waals surface area (Å²) in [5, 5.41) is 0. The molecule has 0 heterocycles. The van der Waals surface area contributed by atoms with Crippen LogP contribution in [0.25, 0.3) is 0 Å². The molecule has 5 rings (SSSR count). The molecule has 4 aliphatic rings. The van der Waals surface area contributed by atoms with E-state index in [4.69, 9.17) is 4.74 Å². The zero-order valence-electron chi connectivity index (χ0n) is 25.0. The third-order valence-electron chi connectivity index (χ3n) is 11.6. The van der Waals surface area contributed by atoms with Gasteiger partial charge < -0.3 is 4.74 Å². The molecule has 0 amide bonds. The molecule has 0 saturated heterocycles. The van der Waals surface area contributed by atoms with Gasteiger partial charge in [0.15, 0.2) is 0 Å². The molecule has 1 aromatic rings. The predicted molar refractivity (Wildman–Crippen MR) is 154 cm³/mol. The van der Waals surface area contributed by atoms with Gasteiger partial charge in [-0.1, -0.05) is 72.6 Å². The van der Waals surface area contributed by atoms with Gasteiger partial charge in [0.05, 0.1) is 0 Å².